The summed E-state index contributed by atoms with van der Waals surface area (Å²) in [4.78, 5) is 0. The molecule has 0 aliphatic carbocycles. The van der Waals surface area contributed by atoms with Crippen LogP contribution in [0.2, 0.25) is 0 Å². The van der Waals surface area contributed by atoms with Crippen molar-refractivity contribution < 1.29 is 46.1 Å². The summed E-state index contributed by atoms with van der Waals surface area (Å²) in [5.41, 5.74) is 0. The van der Waals surface area contributed by atoms with Crippen LogP contribution in [0.15, 0.2) is 0 Å². The van der Waals surface area contributed by atoms with Gasteiger partial charge in [0.15, 0.2) is 0 Å². The molecule has 34 valence electrons. The first-order chi connectivity index (χ1) is 1.73. The molecule has 0 rings (SSSR count). The largest absolute Gasteiger partial charge is 1.00 e. The average molecular weight is 118 g/mol. The summed E-state index contributed by atoms with van der Waals surface area (Å²) in [7, 11) is -2.17. The fourth-order valence-corrected chi connectivity index (χ4v) is 0. The molecule has 0 aliphatic rings. The quantitative estimate of drug-likeness (QED) is 0.277. The third-order valence-corrected chi connectivity index (χ3v) is 0. The van der Waals surface area contributed by atoms with E-state index in [-0.39, 0.29) is 41.9 Å². The van der Waals surface area contributed by atoms with Crippen LogP contribution in [0.4, 0.5) is 0 Å². The van der Waals surface area contributed by atoms with Gasteiger partial charge in [0.05, 0.1) is 0 Å². The van der Waals surface area contributed by atoms with Gasteiger partial charge in [0.25, 0.3) is 0 Å². The van der Waals surface area contributed by atoms with Gasteiger partial charge in [0.2, 0.25) is 0 Å². The normalized spacial score (nSPS) is 4.50. The van der Waals surface area contributed by atoms with Crippen molar-refractivity contribution in [3.05, 3.63) is 0 Å². The third kappa shape index (κ3) is 66.2. The number of rotatable bonds is 0. The molecule has 0 bridgehead atoms. The first-order valence-electron chi connectivity index (χ1n) is 0.775. The summed E-state index contributed by atoms with van der Waals surface area (Å²) < 4.78 is 0. The van der Waals surface area contributed by atoms with E-state index < -0.39 is 7.32 Å². The predicted octanol–water partition coefficient (Wildman–Crippen LogP) is -6.39. The van der Waals surface area contributed by atoms with Crippen LogP contribution >= 0.6 is 0 Å². The van der Waals surface area contributed by atoms with E-state index >= 15 is 0 Å². The predicted molar refractivity (Wildman–Crippen MR) is 24.9 cm³/mol. The molecule has 0 aromatic rings. The first-order valence-corrected chi connectivity index (χ1v) is 0.775. The molecule has 0 heterocycles. The van der Waals surface area contributed by atoms with Crippen molar-refractivity contribution in [1.29, 1.82) is 0 Å². The van der Waals surface area contributed by atoms with E-state index in [4.69, 9.17) is 15.1 Å². The summed E-state index contributed by atoms with van der Waals surface area (Å²) in [6.07, 6.45) is 0. The minimum atomic E-state index is -2.17. The summed E-state index contributed by atoms with van der Waals surface area (Å²) in [6, 6.07) is 0. The Morgan fingerprint density at radius 2 is 1.17 bits per heavy atom. The Hall–Kier alpha value is 1.16. The molecule has 0 radical (unpaired) electrons. The smallest absolute Gasteiger partial charge is 1.00 e. The van der Waals surface area contributed by atoms with E-state index in [2.05, 4.69) is 0 Å². The Labute approximate surface area is 64.4 Å². The van der Waals surface area contributed by atoms with Crippen LogP contribution in [0, 0.1) is 0 Å². The molecule has 0 fully saturated rings. The van der Waals surface area contributed by atoms with Gasteiger partial charge in [-0.1, -0.05) is 0 Å². The molecule has 0 spiro atoms. The summed E-state index contributed by atoms with van der Waals surface area (Å²) in [5, 5.41) is 21.5. The molecule has 0 aromatic carbocycles. The van der Waals surface area contributed by atoms with E-state index in [9.17, 15) is 0 Å². The molecule has 6 heavy (non-hydrogen) atoms. The maximum atomic E-state index is 7.17. The number of hydrogen-bond donors (Lipinski definition) is 3. The second kappa shape index (κ2) is 9.48. The molecule has 0 atom stereocenters. The van der Waals surface area contributed by atoms with Crippen LogP contribution in [0.25, 0.3) is 0 Å². The van der Waals surface area contributed by atoms with Crippen LogP contribution < -0.4 is 29.6 Å². The van der Waals surface area contributed by atoms with E-state index in [1.54, 1.807) is 0 Å². The molecule has 0 aromatic heterocycles. The fourth-order valence-electron chi connectivity index (χ4n) is 0. The monoisotopic (exact) mass is 118 g/mol. The molecule has 0 saturated carbocycles. The van der Waals surface area contributed by atoms with Crippen molar-refractivity contribution in [3.63, 3.8) is 0 Å². The molecule has 0 unspecified atom stereocenters. The van der Waals surface area contributed by atoms with Crippen LogP contribution in [0.5, 0.6) is 0 Å². The molecule has 0 saturated heterocycles. The Morgan fingerprint density at radius 1 is 1.17 bits per heavy atom. The standard InChI is InChI=1S/BH3O3.Na.H4Si.H/c2-1(3)4;;;/h2-4H;;1H4;/q;+1;;-1. The van der Waals surface area contributed by atoms with Crippen LogP contribution in [-0.4, -0.2) is 33.4 Å². The Balaban J connectivity index is -0.0000000150. The van der Waals surface area contributed by atoms with Crippen molar-refractivity contribution in [2.45, 2.75) is 0 Å². The Kier molecular flexibility index (Phi) is 24.8. The van der Waals surface area contributed by atoms with E-state index in [0.29, 0.717) is 0 Å². The summed E-state index contributed by atoms with van der Waals surface area (Å²) in [6.45, 7) is 0. The minimum Gasteiger partial charge on any atom is -1.00 e. The summed E-state index contributed by atoms with van der Waals surface area (Å²) >= 11 is 0. The average Bonchev–Trinajstić information content (AvgIpc) is 0.811. The van der Waals surface area contributed by atoms with Gasteiger partial charge in [0, 0.05) is 0 Å². The van der Waals surface area contributed by atoms with E-state index in [1.165, 1.54) is 0 Å². The van der Waals surface area contributed by atoms with Crippen molar-refractivity contribution >= 4 is 18.3 Å². The molecular weight excluding hydrogens is 110 g/mol. The number of hydrogen-bond acceptors (Lipinski definition) is 3. The SMILES string of the molecule is OB(O)O.[H-].[Na+].[SiH4]. The molecule has 6 heteroatoms. The Bertz CT molecular complexity index is 19.7. The van der Waals surface area contributed by atoms with Gasteiger partial charge in [-0.05, 0) is 11.0 Å². The van der Waals surface area contributed by atoms with Gasteiger partial charge in [0.1, 0.15) is 0 Å². The third-order valence-electron chi connectivity index (χ3n) is 0. The van der Waals surface area contributed by atoms with Gasteiger partial charge < -0.3 is 16.5 Å². The topological polar surface area (TPSA) is 60.7 Å². The molecular formula is H8BNaO3Si. The van der Waals surface area contributed by atoms with Gasteiger partial charge in [-0.3, -0.25) is 0 Å². The zero-order valence-corrected chi connectivity index (χ0v) is 4.92. The van der Waals surface area contributed by atoms with E-state index in [1.807, 2.05) is 0 Å². The zero-order valence-electron chi connectivity index (χ0n) is 3.92. The van der Waals surface area contributed by atoms with Crippen LogP contribution in [0.1, 0.15) is 1.43 Å². The van der Waals surface area contributed by atoms with Crippen molar-refractivity contribution in [3.8, 4) is 0 Å². The second-order valence-corrected chi connectivity index (χ2v) is 0.346. The maximum absolute atomic E-state index is 7.17. The van der Waals surface area contributed by atoms with Crippen molar-refractivity contribution in [1.82, 2.24) is 0 Å². The zero-order chi connectivity index (χ0) is 3.58. The van der Waals surface area contributed by atoms with E-state index in [0.717, 1.165) is 0 Å². The first kappa shape index (κ1) is 15.7. The molecule has 0 amide bonds. The Morgan fingerprint density at radius 3 is 1.17 bits per heavy atom. The van der Waals surface area contributed by atoms with Gasteiger partial charge in [-0.15, -0.1) is 0 Å². The minimum absolute atomic E-state index is 0. The van der Waals surface area contributed by atoms with Crippen molar-refractivity contribution in [2.75, 3.05) is 0 Å². The molecule has 3 nitrogen and oxygen atoms in total. The maximum Gasteiger partial charge on any atom is 1.00 e. The van der Waals surface area contributed by atoms with Gasteiger partial charge in [-0.25, -0.2) is 0 Å². The molecule has 3 N–H and O–H groups in total. The van der Waals surface area contributed by atoms with Crippen LogP contribution in [-0.2, 0) is 0 Å². The van der Waals surface area contributed by atoms with Crippen molar-refractivity contribution in [2.24, 2.45) is 0 Å². The summed E-state index contributed by atoms with van der Waals surface area (Å²) in [5.74, 6) is 0. The fraction of sp³-hybridized carbons (Fsp3) is 0. The van der Waals surface area contributed by atoms with Crippen LogP contribution in [0.3, 0.4) is 0 Å². The van der Waals surface area contributed by atoms with Gasteiger partial charge in [-0.2, -0.15) is 0 Å². The second-order valence-electron chi connectivity index (χ2n) is 0.346. The van der Waals surface area contributed by atoms with Gasteiger partial charge >= 0.3 is 36.9 Å². The molecule has 0 aliphatic heterocycles.